The lowest BCUT2D eigenvalue weighted by molar-refractivity contribution is -0.139. The molecule has 0 saturated heterocycles. The summed E-state index contributed by atoms with van der Waals surface area (Å²) in [6.45, 7) is 0.894. The summed E-state index contributed by atoms with van der Waals surface area (Å²) in [6.07, 6.45) is 0.900. The zero-order chi connectivity index (χ0) is 20.1. The van der Waals surface area contributed by atoms with Crippen LogP contribution in [-0.4, -0.2) is 48.8 Å². The highest BCUT2D eigenvalue weighted by Crippen LogP contribution is 2.33. The largest absolute Gasteiger partial charge is 0.493 e. The summed E-state index contributed by atoms with van der Waals surface area (Å²) >= 11 is 0. The minimum Gasteiger partial charge on any atom is -0.493 e. The molecule has 1 aliphatic rings. The van der Waals surface area contributed by atoms with Gasteiger partial charge in [0.2, 0.25) is 0 Å². The molecule has 0 bridgehead atoms. The predicted molar refractivity (Wildman–Crippen MR) is 104 cm³/mol. The second kappa shape index (κ2) is 8.65. The van der Waals surface area contributed by atoms with E-state index in [1.54, 1.807) is 19.1 Å². The topological polar surface area (TPSA) is 88.1 Å². The average molecular weight is 384 g/mol. The normalized spacial score (nSPS) is 14.0. The van der Waals surface area contributed by atoms with Gasteiger partial charge in [-0.3, -0.25) is 0 Å². The van der Waals surface area contributed by atoms with Crippen molar-refractivity contribution >= 4 is 12.0 Å². The number of carboxylic acids is 1. The van der Waals surface area contributed by atoms with Crippen molar-refractivity contribution in [3.05, 3.63) is 59.2 Å². The number of urea groups is 1. The fourth-order valence-corrected chi connectivity index (χ4v) is 3.35. The molecule has 0 aliphatic carbocycles. The fraction of sp³-hybridized carbons (Fsp3) is 0.333. The number of nitrogens with one attached hydrogen (secondary N) is 1. The summed E-state index contributed by atoms with van der Waals surface area (Å²) < 4.78 is 10.7. The minimum atomic E-state index is -1.05. The summed E-state index contributed by atoms with van der Waals surface area (Å²) in [6, 6.07) is 11.7. The molecule has 7 nitrogen and oxygen atoms in total. The van der Waals surface area contributed by atoms with Gasteiger partial charge >= 0.3 is 12.0 Å². The number of fused-ring (bicyclic) bond motifs is 1. The Morgan fingerprint density at radius 3 is 2.36 bits per heavy atom. The Bertz CT molecular complexity index is 853. The van der Waals surface area contributed by atoms with Crippen LogP contribution in [0, 0.1) is 0 Å². The van der Waals surface area contributed by atoms with E-state index in [2.05, 4.69) is 5.32 Å². The molecule has 1 atom stereocenters. The van der Waals surface area contributed by atoms with Gasteiger partial charge in [0.15, 0.2) is 11.5 Å². The maximum absolute atomic E-state index is 12.7. The first-order valence-corrected chi connectivity index (χ1v) is 9.07. The maximum atomic E-state index is 12.7. The summed E-state index contributed by atoms with van der Waals surface area (Å²) in [5.41, 5.74) is 2.92. The number of carboxylic acid groups (broad SMARTS) is 1. The van der Waals surface area contributed by atoms with Crippen LogP contribution >= 0.6 is 0 Å². The van der Waals surface area contributed by atoms with Crippen molar-refractivity contribution in [3.8, 4) is 11.5 Å². The van der Waals surface area contributed by atoms with Crippen LogP contribution in [0.25, 0.3) is 0 Å². The molecule has 0 fully saturated rings. The average Bonchev–Trinajstić information content (AvgIpc) is 2.72. The Hall–Kier alpha value is -3.22. The SMILES string of the molecule is COc1cc2c(cc1OC)CN(C(=O)N[C@@H](Cc1ccccc1)C(=O)O)CC2. The van der Waals surface area contributed by atoms with E-state index >= 15 is 0 Å². The van der Waals surface area contributed by atoms with Crippen molar-refractivity contribution in [2.24, 2.45) is 0 Å². The molecule has 2 N–H and O–H groups in total. The van der Waals surface area contributed by atoms with Crippen LogP contribution in [0.2, 0.25) is 0 Å². The Morgan fingerprint density at radius 1 is 1.11 bits per heavy atom. The van der Waals surface area contributed by atoms with Gasteiger partial charge < -0.3 is 24.8 Å². The van der Waals surface area contributed by atoms with Crippen LogP contribution < -0.4 is 14.8 Å². The van der Waals surface area contributed by atoms with E-state index < -0.39 is 12.0 Å². The molecule has 2 aromatic carbocycles. The molecule has 0 radical (unpaired) electrons. The van der Waals surface area contributed by atoms with Gasteiger partial charge in [0, 0.05) is 19.5 Å². The summed E-state index contributed by atoms with van der Waals surface area (Å²) in [5.74, 6) is 0.213. The van der Waals surface area contributed by atoms with Crippen LogP contribution in [0.5, 0.6) is 11.5 Å². The molecule has 2 amide bonds. The van der Waals surface area contributed by atoms with E-state index in [0.717, 1.165) is 16.7 Å². The van der Waals surface area contributed by atoms with Crippen LogP contribution in [-0.2, 0) is 24.2 Å². The molecular formula is C21H24N2O5. The van der Waals surface area contributed by atoms with Crippen molar-refractivity contribution < 1.29 is 24.2 Å². The molecule has 0 unspecified atom stereocenters. The number of ether oxygens (including phenoxy) is 2. The van der Waals surface area contributed by atoms with E-state index in [9.17, 15) is 14.7 Å². The van der Waals surface area contributed by atoms with E-state index in [-0.39, 0.29) is 12.5 Å². The van der Waals surface area contributed by atoms with Crippen LogP contribution in [0.15, 0.2) is 42.5 Å². The lowest BCUT2D eigenvalue weighted by Gasteiger charge is -2.30. The van der Waals surface area contributed by atoms with E-state index in [0.29, 0.717) is 31.0 Å². The first-order chi connectivity index (χ1) is 13.5. The van der Waals surface area contributed by atoms with Crippen molar-refractivity contribution in [2.75, 3.05) is 20.8 Å². The van der Waals surface area contributed by atoms with Crippen LogP contribution in [0.1, 0.15) is 16.7 Å². The zero-order valence-electron chi connectivity index (χ0n) is 16.0. The second-order valence-corrected chi connectivity index (χ2v) is 6.68. The van der Waals surface area contributed by atoms with Gasteiger partial charge in [-0.1, -0.05) is 30.3 Å². The number of carbonyl (C=O) groups excluding carboxylic acids is 1. The highest BCUT2D eigenvalue weighted by Gasteiger charge is 2.27. The number of nitrogens with zero attached hydrogens (tertiary/aromatic N) is 1. The molecule has 1 aliphatic heterocycles. The summed E-state index contributed by atoms with van der Waals surface area (Å²) in [5, 5.41) is 12.2. The first-order valence-electron chi connectivity index (χ1n) is 9.07. The highest BCUT2D eigenvalue weighted by molar-refractivity contribution is 5.83. The van der Waals surface area contributed by atoms with Gasteiger partial charge in [0.25, 0.3) is 0 Å². The van der Waals surface area contributed by atoms with Gasteiger partial charge in [-0.25, -0.2) is 9.59 Å². The summed E-state index contributed by atoms with van der Waals surface area (Å²) in [7, 11) is 3.16. The van der Waals surface area contributed by atoms with Gasteiger partial charge in [-0.2, -0.15) is 0 Å². The van der Waals surface area contributed by atoms with Crippen LogP contribution in [0.4, 0.5) is 4.79 Å². The number of hydrogen-bond donors (Lipinski definition) is 2. The molecule has 0 aromatic heterocycles. The number of aliphatic carboxylic acids is 1. The Kier molecular flexibility index (Phi) is 6.03. The third kappa shape index (κ3) is 4.36. The van der Waals surface area contributed by atoms with Crippen molar-refractivity contribution in [1.29, 1.82) is 0 Å². The fourth-order valence-electron chi connectivity index (χ4n) is 3.35. The molecule has 0 saturated carbocycles. The number of hydrogen-bond acceptors (Lipinski definition) is 4. The first kappa shape index (κ1) is 19.5. The van der Waals surface area contributed by atoms with Crippen molar-refractivity contribution in [2.45, 2.75) is 25.4 Å². The lowest BCUT2D eigenvalue weighted by Crippen LogP contribution is -2.50. The molecule has 7 heteroatoms. The molecule has 2 aromatic rings. The van der Waals surface area contributed by atoms with E-state index in [1.807, 2.05) is 42.5 Å². The summed E-state index contributed by atoms with van der Waals surface area (Å²) in [4.78, 5) is 25.9. The molecule has 148 valence electrons. The molecule has 28 heavy (non-hydrogen) atoms. The Morgan fingerprint density at radius 2 is 1.75 bits per heavy atom. The number of methoxy groups -OCH3 is 2. The maximum Gasteiger partial charge on any atom is 0.326 e. The van der Waals surface area contributed by atoms with Gasteiger partial charge in [0.1, 0.15) is 6.04 Å². The highest BCUT2D eigenvalue weighted by atomic mass is 16.5. The van der Waals surface area contributed by atoms with E-state index in [4.69, 9.17) is 9.47 Å². The second-order valence-electron chi connectivity index (χ2n) is 6.68. The van der Waals surface area contributed by atoms with Crippen molar-refractivity contribution in [1.82, 2.24) is 10.2 Å². The monoisotopic (exact) mass is 384 g/mol. The molecule has 0 spiro atoms. The quantitative estimate of drug-likeness (QED) is 0.799. The smallest absolute Gasteiger partial charge is 0.326 e. The Labute approximate surface area is 163 Å². The van der Waals surface area contributed by atoms with Gasteiger partial charge in [-0.15, -0.1) is 0 Å². The predicted octanol–water partition coefficient (Wildman–Crippen LogP) is 2.47. The van der Waals surface area contributed by atoms with Crippen LogP contribution in [0.3, 0.4) is 0 Å². The minimum absolute atomic E-state index is 0.233. The number of benzene rings is 2. The van der Waals surface area contributed by atoms with Gasteiger partial charge in [-0.05, 0) is 35.2 Å². The third-order valence-electron chi connectivity index (χ3n) is 4.88. The van der Waals surface area contributed by atoms with Crippen molar-refractivity contribution in [3.63, 3.8) is 0 Å². The third-order valence-corrected chi connectivity index (χ3v) is 4.88. The zero-order valence-corrected chi connectivity index (χ0v) is 16.0. The molecule has 1 heterocycles. The molecular weight excluding hydrogens is 360 g/mol. The Balaban J connectivity index is 1.70. The number of rotatable bonds is 6. The standard InChI is InChI=1S/C21H24N2O5/c1-27-18-11-15-8-9-23(13-16(15)12-19(18)28-2)21(26)22-17(20(24)25)10-14-6-4-3-5-7-14/h3-7,11-12,17H,8-10,13H2,1-2H3,(H,22,26)(H,24,25)/t17-/m0/s1. The number of carbonyl (C=O) groups is 2. The van der Waals surface area contributed by atoms with Gasteiger partial charge in [0.05, 0.1) is 14.2 Å². The molecule has 3 rings (SSSR count). The number of amides is 2. The lowest BCUT2D eigenvalue weighted by atomic mass is 9.99. The van der Waals surface area contributed by atoms with E-state index in [1.165, 1.54) is 0 Å².